The Morgan fingerprint density at radius 2 is 1.76 bits per heavy atom. The molecular weight excluding hydrogens is 447 g/mol. The number of amides is 1. The zero-order valence-electron chi connectivity index (χ0n) is 18.6. The van der Waals surface area contributed by atoms with E-state index in [1.165, 1.54) is 12.1 Å². The Kier molecular flexibility index (Phi) is 7.73. The largest absolute Gasteiger partial charge is 0.493 e. The van der Waals surface area contributed by atoms with Gasteiger partial charge in [-0.25, -0.2) is 4.39 Å². The Morgan fingerprint density at radius 1 is 1.09 bits per heavy atom. The summed E-state index contributed by atoms with van der Waals surface area (Å²) >= 11 is 5.68. The summed E-state index contributed by atoms with van der Waals surface area (Å²) in [5, 5.41) is 14.2. The van der Waals surface area contributed by atoms with Crippen molar-refractivity contribution >= 4 is 17.5 Å². The number of nitrogens with one attached hydrogen (secondary N) is 1. The van der Waals surface area contributed by atoms with Crippen LogP contribution in [0.4, 0.5) is 4.39 Å². The zero-order valence-corrected chi connectivity index (χ0v) is 19.3. The maximum Gasteiger partial charge on any atom is 0.253 e. The zero-order chi connectivity index (χ0) is 23.3. The minimum absolute atomic E-state index is 0.0225. The van der Waals surface area contributed by atoms with Crippen LogP contribution < -0.4 is 14.8 Å². The van der Waals surface area contributed by atoms with Crippen LogP contribution in [0.1, 0.15) is 36.0 Å². The number of ether oxygens (including phenoxy) is 2. The summed E-state index contributed by atoms with van der Waals surface area (Å²) in [4.78, 5) is 14.6. The highest BCUT2D eigenvalue weighted by molar-refractivity contribution is 6.30. The SMILES string of the molecule is O=C(c1ccc(OCC2CCNCC2)cc1)N1CCC(O)(COc2ccc(Cl)c(F)c2)CC1. The predicted molar refractivity (Wildman–Crippen MR) is 125 cm³/mol. The molecule has 2 saturated heterocycles. The van der Waals surface area contributed by atoms with Gasteiger partial charge < -0.3 is 24.8 Å². The highest BCUT2D eigenvalue weighted by Gasteiger charge is 2.35. The van der Waals surface area contributed by atoms with E-state index in [2.05, 4.69) is 5.32 Å². The third-order valence-corrected chi connectivity index (χ3v) is 6.73. The minimum atomic E-state index is -1.07. The van der Waals surface area contributed by atoms with E-state index in [0.29, 0.717) is 49.8 Å². The highest BCUT2D eigenvalue weighted by Crippen LogP contribution is 2.27. The lowest BCUT2D eigenvalue weighted by molar-refractivity contribution is -0.0476. The number of likely N-dealkylation sites (tertiary alicyclic amines) is 1. The van der Waals surface area contributed by atoms with Crippen molar-refractivity contribution in [1.82, 2.24) is 10.2 Å². The standard InChI is InChI=1S/C25H30ClFN2O4/c26-22-6-5-21(15-23(22)27)33-17-25(31)9-13-29(14-10-25)24(30)19-1-3-20(4-2-19)32-16-18-7-11-28-12-8-18/h1-6,15,18,28,31H,7-14,16-17H2. The number of aliphatic hydroxyl groups is 1. The molecule has 2 aromatic carbocycles. The molecular formula is C25H30ClFN2O4. The van der Waals surface area contributed by atoms with E-state index in [1.807, 2.05) is 12.1 Å². The monoisotopic (exact) mass is 476 g/mol. The lowest BCUT2D eigenvalue weighted by atomic mass is 9.92. The number of benzene rings is 2. The molecule has 2 N–H and O–H groups in total. The fraction of sp³-hybridized carbons (Fsp3) is 0.480. The molecule has 0 saturated carbocycles. The summed E-state index contributed by atoms with van der Waals surface area (Å²) in [6, 6.07) is 11.4. The molecule has 2 aliphatic rings. The first-order valence-electron chi connectivity index (χ1n) is 11.4. The van der Waals surface area contributed by atoms with Crippen molar-refractivity contribution < 1.29 is 23.8 Å². The van der Waals surface area contributed by atoms with E-state index >= 15 is 0 Å². The number of rotatable bonds is 7. The number of halogens is 2. The van der Waals surface area contributed by atoms with E-state index in [4.69, 9.17) is 21.1 Å². The van der Waals surface area contributed by atoms with Gasteiger partial charge in [-0.05, 0) is 81.1 Å². The summed E-state index contributed by atoms with van der Waals surface area (Å²) in [6.45, 7) is 3.64. The minimum Gasteiger partial charge on any atom is -0.493 e. The lowest BCUT2D eigenvalue weighted by Crippen LogP contribution is -2.49. The second-order valence-electron chi connectivity index (χ2n) is 8.91. The van der Waals surface area contributed by atoms with Gasteiger partial charge in [0.1, 0.15) is 29.5 Å². The molecule has 2 heterocycles. The van der Waals surface area contributed by atoms with Gasteiger partial charge in [-0.15, -0.1) is 0 Å². The van der Waals surface area contributed by atoms with Gasteiger partial charge in [0.2, 0.25) is 0 Å². The van der Waals surface area contributed by atoms with Crippen molar-refractivity contribution in [3.8, 4) is 11.5 Å². The van der Waals surface area contributed by atoms with Crippen LogP contribution in [0, 0.1) is 11.7 Å². The molecule has 6 nitrogen and oxygen atoms in total. The second-order valence-corrected chi connectivity index (χ2v) is 9.32. The number of nitrogens with zero attached hydrogens (tertiary/aromatic N) is 1. The van der Waals surface area contributed by atoms with E-state index < -0.39 is 11.4 Å². The molecule has 2 fully saturated rings. The van der Waals surface area contributed by atoms with Gasteiger partial charge in [-0.1, -0.05) is 11.6 Å². The van der Waals surface area contributed by atoms with Gasteiger partial charge in [-0.2, -0.15) is 0 Å². The van der Waals surface area contributed by atoms with Gasteiger partial charge in [0.05, 0.1) is 11.6 Å². The van der Waals surface area contributed by atoms with Crippen LogP contribution >= 0.6 is 11.6 Å². The smallest absolute Gasteiger partial charge is 0.253 e. The Balaban J connectivity index is 1.24. The maximum atomic E-state index is 13.6. The average Bonchev–Trinajstić information content (AvgIpc) is 2.85. The van der Waals surface area contributed by atoms with E-state index in [0.717, 1.165) is 31.7 Å². The molecule has 178 valence electrons. The quantitative estimate of drug-likeness (QED) is 0.634. The molecule has 0 spiro atoms. The van der Waals surface area contributed by atoms with Crippen molar-refractivity contribution in [2.75, 3.05) is 39.4 Å². The summed E-state index contributed by atoms with van der Waals surface area (Å²) in [5.74, 6) is 1.02. The molecule has 0 unspecified atom stereocenters. The third kappa shape index (κ3) is 6.37. The molecule has 0 radical (unpaired) electrons. The molecule has 2 aromatic rings. The first-order chi connectivity index (χ1) is 15.9. The number of carbonyl (C=O) groups excluding carboxylic acids is 1. The van der Waals surface area contributed by atoms with E-state index in [1.54, 1.807) is 23.1 Å². The number of carbonyl (C=O) groups is 1. The summed E-state index contributed by atoms with van der Waals surface area (Å²) in [5.41, 5.74) is -0.471. The first kappa shape index (κ1) is 23.8. The van der Waals surface area contributed by atoms with Gasteiger partial charge in [0, 0.05) is 24.7 Å². The number of hydrogen-bond acceptors (Lipinski definition) is 5. The Labute approximate surface area is 198 Å². The molecule has 0 atom stereocenters. The number of hydrogen-bond donors (Lipinski definition) is 2. The van der Waals surface area contributed by atoms with Gasteiger partial charge in [0.25, 0.3) is 5.91 Å². The Morgan fingerprint density at radius 3 is 2.42 bits per heavy atom. The molecule has 4 rings (SSSR count). The molecule has 0 bridgehead atoms. The summed E-state index contributed by atoms with van der Waals surface area (Å²) < 4.78 is 25.0. The van der Waals surface area contributed by atoms with Crippen molar-refractivity contribution in [2.24, 2.45) is 5.92 Å². The molecule has 0 aromatic heterocycles. The predicted octanol–water partition coefficient (Wildman–Crippen LogP) is 3.90. The van der Waals surface area contributed by atoms with Crippen LogP contribution in [0.15, 0.2) is 42.5 Å². The lowest BCUT2D eigenvalue weighted by Gasteiger charge is -2.38. The Bertz CT molecular complexity index is 942. The van der Waals surface area contributed by atoms with Gasteiger partial charge in [0.15, 0.2) is 0 Å². The van der Waals surface area contributed by atoms with Crippen LogP contribution in [0.5, 0.6) is 11.5 Å². The van der Waals surface area contributed by atoms with E-state index in [-0.39, 0.29) is 17.5 Å². The van der Waals surface area contributed by atoms with Crippen LogP contribution in [0.25, 0.3) is 0 Å². The van der Waals surface area contributed by atoms with Crippen LogP contribution in [-0.4, -0.2) is 60.9 Å². The maximum absolute atomic E-state index is 13.6. The summed E-state index contributed by atoms with van der Waals surface area (Å²) in [7, 11) is 0. The highest BCUT2D eigenvalue weighted by atomic mass is 35.5. The second kappa shape index (κ2) is 10.7. The molecule has 33 heavy (non-hydrogen) atoms. The van der Waals surface area contributed by atoms with E-state index in [9.17, 15) is 14.3 Å². The third-order valence-electron chi connectivity index (χ3n) is 6.43. The number of piperidine rings is 2. The van der Waals surface area contributed by atoms with Crippen LogP contribution in [0.2, 0.25) is 5.02 Å². The van der Waals surface area contributed by atoms with Gasteiger partial charge >= 0.3 is 0 Å². The van der Waals surface area contributed by atoms with Crippen LogP contribution in [0.3, 0.4) is 0 Å². The van der Waals surface area contributed by atoms with Crippen molar-refractivity contribution in [2.45, 2.75) is 31.3 Å². The topological polar surface area (TPSA) is 71.0 Å². The Hall–Kier alpha value is -2.35. The molecule has 0 aliphatic carbocycles. The fourth-order valence-electron chi connectivity index (χ4n) is 4.19. The van der Waals surface area contributed by atoms with Crippen molar-refractivity contribution in [1.29, 1.82) is 0 Å². The fourth-order valence-corrected chi connectivity index (χ4v) is 4.31. The van der Waals surface area contributed by atoms with Crippen LogP contribution in [-0.2, 0) is 0 Å². The molecule has 2 aliphatic heterocycles. The molecule has 1 amide bonds. The molecule has 8 heteroatoms. The first-order valence-corrected chi connectivity index (χ1v) is 11.8. The van der Waals surface area contributed by atoms with Crippen molar-refractivity contribution in [3.63, 3.8) is 0 Å². The normalized spacial score (nSPS) is 18.7. The summed E-state index contributed by atoms with van der Waals surface area (Å²) in [6.07, 6.45) is 3.01. The van der Waals surface area contributed by atoms with Crippen molar-refractivity contribution in [3.05, 3.63) is 58.9 Å². The van der Waals surface area contributed by atoms with Gasteiger partial charge in [-0.3, -0.25) is 4.79 Å². The average molecular weight is 477 g/mol.